The number of nitrogens with zero attached hydrogens (tertiary/aromatic N) is 2. The van der Waals surface area contributed by atoms with Crippen LogP contribution < -0.4 is 5.32 Å². The van der Waals surface area contributed by atoms with Gasteiger partial charge in [0.25, 0.3) is 5.91 Å². The van der Waals surface area contributed by atoms with Crippen molar-refractivity contribution in [3.05, 3.63) is 50.9 Å². The number of carbonyl (C=O) groups is 1. The maximum Gasteiger partial charge on any atom is 0.324 e. The summed E-state index contributed by atoms with van der Waals surface area (Å²) in [6.07, 6.45) is 0. The van der Waals surface area contributed by atoms with Gasteiger partial charge in [-0.2, -0.15) is 0 Å². The first-order valence-corrected chi connectivity index (χ1v) is 8.53. The van der Waals surface area contributed by atoms with Crippen LogP contribution in [0.5, 0.6) is 0 Å². The Kier molecular flexibility index (Phi) is 4.10. The third kappa shape index (κ3) is 3.22. The second-order valence-corrected chi connectivity index (χ2v) is 7.34. The molecule has 0 fully saturated rings. The van der Waals surface area contributed by atoms with Crippen molar-refractivity contribution in [3.63, 3.8) is 0 Å². The zero-order chi connectivity index (χ0) is 16.6. The maximum absolute atomic E-state index is 12.1. The van der Waals surface area contributed by atoms with Gasteiger partial charge < -0.3 is 0 Å². The Bertz CT molecular complexity index is 898. The zero-order valence-corrected chi connectivity index (χ0v) is 14.0. The minimum absolute atomic E-state index is 0.0546. The first-order valence-electron chi connectivity index (χ1n) is 6.90. The number of rotatable bonds is 4. The van der Waals surface area contributed by atoms with E-state index in [2.05, 4.69) is 30.2 Å². The van der Waals surface area contributed by atoms with Gasteiger partial charge in [0, 0.05) is 6.07 Å². The van der Waals surface area contributed by atoms with Gasteiger partial charge >= 0.3 is 5.00 Å². The molecule has 0 aliphatic heterocycles. The monoisotopic (exact) mass is 347 g/mol. The van der Waals surface area contributed by atoms with Crippen LogP contribution in [0.25, 0.3) is 10.2 Å². The molecule has 0 saturated carbocycles. The van der Waals surface area contributed by atoms with E-state index in [0.29, 0.717) is 15.9 Å². The van der Waals surface area contributed by atoms with E-state index in [9.17, 15) is 14.9 Å². The van der Waals surface area contributed by atoms with Crippen LogP contribution in [-0.4, -0.2) is 15.8 Å². The molecule has 0 bridgehead atoms. The Balaban J connectivity index is 1.82. The van der Waals surface area contributed by atoms with E-state index in [1.165, 1.54) is 29.0 Å². The van der Waals surface area contributed by atoms with Gasteiger partial charge in [-0.3, -0.25) is 20.2 Å². The molecule has 0 saturated heterocycles. The van der Waals surface area contributed by atoms with E-state index in [1.54, 1.807) is 0 Å². The topological polar surface area (TPSA) is 85.1 Å². The Hall–Kier alpha value is -2.32. The highest BCUT2D eigenvalue weighted by Gasteiger charge is 2.16. The molecule has 3 aromatic rings. The van der Waals surface area contributed by atoms with E-state index in [-0.39, 0.29) is 10.9 Å². The molecule has 0 aliphatic rings. The summed E-state index contributed by atoms with van der Waals surface area (Å²) in [5.41, 5.74) is 2.04. The normalized spacial score (nSPS) is 11.1. The fourth-order valence-corrected chi connectivity index (χ4v) is 3.69. The summed E-state index contributed by atoms with van der Waals surface area (Å²) in [6, 6.07) is 8.81. The fourth-order valence-electron chi connectivity index (χ4n) is 2.06. The van der Waals surface area contributed by atoms with E-state index in [0.717, 1.165) is 21.6 Å². The summed E-state index contributed by atoms with van der Waals surface area (Å²) in [6.45, 7) is 4.24. The molecular weight excluding hydrogens is 334 g/mol. The lowest BCUT2D eigenvalue weighted by Crippen LogP contribution is -2.09. The van der Waals surface area contributed by atoms with Crippen molar-refractivity contribution in [2.45, 2.75) is 19.8 Å². The molecule has 0 unspecified atom stereocenters. The molecule has 6 nitrogen and oxygen atoms in total. The number of amides is 1. The number of fused-ring (bicyclic) bond motifs is 1. The highest BCUT2D eigenvalue weighted by Crippen LogP contribution is 2.30. The molecule has 1 aromatic carbocycles. The van der Waals surface area contributed by atoms with Gasteiger partial charge in [-0.1, -0.05) is 42.6 Å². The van der Waals surface area contributed by atoms with Crippen LogP contribution >= 0.6 is 22.7 Å². The van der Waals surface area contributed by atoms with Gasteiger partial charge in [0.1, 0.15) is 0 Å². The predicted octanol–water partition coefficient (Wildman–Crippen LogP) is 4.64. The van der Waals surface area contributed by atoms with Crippen molar-refractivity contribution in [1.82, 2.24) is 4.98 Å². The van der Waals surface area contributed by atoms with E-state index >= 15 is 0 Å². The number of benzene rings is 1. The number of hydrogen-bond donors (Lipinski definition) is 1. The Labute approximate surface area is 139 Å². The van der Waals surface area contributed by atoms with Crippen LogP contribution in [0.4, 0.5) is 10.1 Å². The van der Waals surface area contributed by atoms with Crippen LogP contribution in [-0.2, 0) is 0 Å². The zero-order valence-electron chi connectivity index (χ0n) is 12.4. The van der Waals surface area contributed by atoms with E-state index in [1.807, 2.05) is 12.1 Å². The van der Waals surface area contributed by atoms with Crippen LogP contribution in [0.3, 0.4) is 0 Å². The van der Waals surface area contributed by atoms with Crippen molar-refractivity contribution in [1.29, 1.82) is 0 Å². The van der Waals surface area contributed by atoms with Crippen molar-refractivity contribution >= 4 is 48.9 Å². The average molecular weight is 347 g/mol. The van der Waals surface area contributed by atoms with Crippen LogP contribution in [0, 0.1) is 10.1 Å². The summed E-state index contributed by atoms with van der Waals surface area (Å²) >= 11 is 2.24. The molecule has 3 rings (SSSR count). The lowest BCUT2D eigenvalue weighted by Gasteiger charge is -2.03. The first-order chi connectivity index (χ1) is 10.9. The Morgan fingerprint density at radius 2 is 2.04 bits per heavy atom. The summed E-state index contributed by atoms with van der Waals surface area (Å²) in [5.74, 6) is 0.0393. The smallest absolute Gasteiger partial charge is 0.297 e. The number of thiophene rings is 1. The maximum atomic E-state index is 12.1. The molecule has 1 N–H and O–H groups in total. The first kappa shape index (κ1) is 15.6. The average Bonchev–Trinajstić information content (AvgIpc) is 3.12. The van der Waals surface area contributed by atoms with Gasteiger partial charge in [0.15, 0.2) is 5.13 Å². The molecule has 0 aliphatic carbocycles. The summed E-state index contributed by atoms with van der Waals surface area (Å²) in [7, 11) is 0. The molecule has 0 radical (unpaired) electrons. The lowest BCUT2D eigenvalue weighted by atomic mass is 10.0. The third-order valence-corrected chi connectivity index (χ3v) is 5.26. The quantitative estimate of drug-likeness (QED) is 0.550. The second-order valence-electron chi connectivity index (χ2n) is 5.25. The number of nitro groups is 1. The summed E-state index contributed by atoms with van der Waals surface area (Å²) in [5, 5.41) is 13.8. The molecule has 8 heteroatoms. The molecule has 0 atom stereocenters. The summed E-state index contributed by atoms with van der Waals surface area (Å²) < 4.78 is 1.00. The molecule has 118 valence electrons. The molecule has 2 heterocycles. The SMILES string of the molecule is CC(C)c1ccc2nc(NC(=O)c3ccc([N+](=O)[O-])s3)sc2c1. The number of hydrogen-bond acceptors (Lipinski definition) is 6. The minimum atomic E-state index is -0.507. The standard InChI is InChI=1S/C15H13N3O3S2/c1-8(2)9-3-4-10-12(7-9)23-15(16-10)17-14(19)11-5-6-13(22-11)18(20)21/h3-8H,1-2H3,(H,16,17,19). The van der Waals surface area contributed by atoms with Gasteiger partial charge in [0.05, 0.1) is 20.0 Å². The molecular formula is C15H13N3O3S2. The number of aromatic nitrogens is 1. The van der Waals surface area contributed by atoms with Gasteiger partial charge in [0.2, 0.25) is 0 Å². The van der Waals surface area contributed by atoms with Crippen molar-refractivity contribution in [3.8, 4) is 0 Å². The highest BCUT2D eigenvalue weighted by atomic mass is 32.1. The minimum Gasteiger partial charge on any atom is -0.297 e. The molecule has 0 spiro atoms. The van der Waals surface area contributed by atoms with E-state index < -0.39 is 4.92 Å². The highest BCUT2D eigenvalue weighted by molar-refractivity contribution is 7.22. The van der Waals surface area contributed by atoms with Gasteiger partial charge in [-0.15, -0.1) is 0 Å². The van der Waals surface area contributed by atoms with Crippen LogP contribution in [0.2, 0.25) is 0 Å². The largest absolute Gasteiger partial charge is 0.324 e. The van der Waals surface area contributed by atoms with Crippen molar-refractivity contribution in [2.24, 2.45) is 0 Å². The lowest BCUT2D eigenvalue weighted by molar-refractivity contribution is -0.380. The molecule has 2 aromatic heterocycles. The number of thiazole rings is 1. The fraction of sp³-hybridized carbons (Fsp3) is 0.200. The number of nitrogens with one attached hydrogen (secondary N) is 1. The van der Waals surface area contributed by atoms with Crippen LogP contribution in [0.1, 0.15) is 35.0 Å². The molecule has 1 amide bonds. The van der Waals surface area contributed by atoms with Crippen LogP contribution in [0.15, 0.2) is 30.3 Å². The Morgan fingerprint density at radius 3 is 2.70 bits per heavy atom. The second kappa shape index (κ2) is 6.05. The van der Waals surface area contributed by atoms with E-state index in [4.69, 9.17) is 0 Å². The number of anilines is 1. The predicted molar refractivity (Wildman–Crippen MR) is 92.6 cm³/mol. The van der Waals surface area contributed by atoms with Gasteiger partial charge in [-0.05, 0) is 29.7 Å². The third-order valence-electron chi connectivity index (χ3n) is 3.30. The van der Waals surface area contributed by atoms with Gasteiger partial charge in [-0.25, -0.2) is 4.98 Å². The van der Waals surface area contributed by atoms with Crippen molar-refractivity contribution in [2.75, 3.05) is 5.32 Å². The number of carbonyl (C=O) groups excluding carboxylic acids is 1. The summed E-state index contributed by atoms with van der Waals surface area (Å²) in [4.78, 5) is 27.0. The molecule has 23 heavy (non-hydrogen) atoms. The Morgan fingerprint density at radius 1 is 1.26 bits per heavy atom. The van der Waals surface area contributed by atoms with Crippen molar-refractivity contribution < 1.29 is 9.72 Å².